The Bertz CT molecular complexity index is 1500. The third-order valence-corrected chi connectivity index (χ3v) is 5.78. The number of aliphatic carboxylic acids is 1. The number of benzene rings is 2. The molecule has 0 saturated heterocycles. The Morgan fingerprint density at radius 1 is 1.18 bits per heavy atom. The van der Waals surface area contributed by atoms with E-state index in [0.29, 0.717) is 16.7 Å². The van der Waals surface area contributed by atoms with Crippen LogP contribution in [0.5, 0.6) is 0 Å². The van der Waals surface area contributed by atoms with E-state index in [9.17, 15) is 19.5 Å². The van der Waals surface area contributed by atoms with Gasteiger partial charge in [-0.1, -0.05) is 46.6 Å². The van der Waals surface area contributed by atoms with Crippen LogP contribution in [-0.4, -0.2) is 36.0 Å². The highest BCUT2D eigenvalue weighted by atomic mass is 35.5. The Hall–Kier alpha value is -3.76. The van der Waals surface area contributed by atoms with Crippen LogP contribution in [-0.2, 0) is 16.6 Å². The van der Waals surface area contributed by atoms with Gasteiger partial charge in [-0.2, -0.15) is 14.8 Å². The maximum absolute atomic E-state index is 12.1. The molecule has 0 amide bonds. The molecule has 34 heavy (non-hydrogen) atoms. The predicted molar refractivity (Wildman–Crippen MR) is 124 cm³/mol. The van der Waals surface area contributed by atoms with Crippen molar-refractivity contribution in [2.75, 3.05) is 0 Å². The van der Waals surface area contributed by atoms with E-state index in [2.05, 4.69) is 20.2 Å². The SMILES string of the molecule is CC(C)(c1noc(-c2ccccc2CC(=O)O)n1)c1c(Cl)cc(-n2ncc(=O)[nH]c2=O)cc1Cl. The van der Waals surface area contributed by atoms with Gasteiger partial charge in [0.05, 0.1) is 17.5 Å². The minimum Gasteiger partial charge on any atom is -0.481 e. The first-order chi connectivity index (χ1) is 16.1. The molecule has 0 atom stereocenters. The van der Waals surface area contributed by atoms with Crippen LogP contribution in [0.25, 0.3) is 17.1 Å². The molecular weight excluding hydrogens is 485 g/mol. The van der Waals surface area contributed by atoms with Gasteiger partial charge < -0.3 is 9.63 Å². The summed E-state index contributed by atoms with van der Waals surface area (Å²) >= 11 is 13.1. The van der Waals surface area contributed by atoms with Crippen molar-refractivity contribution < 1.29 is 14.4 Å². The highest BCUT2D eigenvalue weighted by molar-refractivity contribution is 6.36. The number of H-pyrrole nitrogens is 1. The fraction of sp³-hybridized carbons (Fsp3) is 0.182. The molecule has 2 N–H and O–H groups in total. The second kappa shape index (κ2) is 8.88. The fourth-order valence-corrected chi connectivity index (χ4v) is 4.51. The molecule has 0 bridgehead atoms. The maximum Gasteiger partial charge on any atom is 0.349 e. The van der Waals surface area contributed by atoms with E-state index in [1.807, 2.05) is 0 Å². The minimum absolute atomic E-state index is 0.160. The number of carbonyl (C=O) groups is 1. The molecule has 0 unspecified atom stereocenters. The van der Waals surface area contributed by atoms with E-state index >= 15 is 0 Å². The maximum atomic E-state index is 12.1. The van der Waals surface area contributed by atoms with Gasteiger partial charge in [0.1, 0.15) is 6.20 Å². The van der Waals surface area contributed by atoms with Crippen molar-refractivity contribution in [2.24, 2.45) is 0 Å². The Balaban J connectivity index is 1.75. The lowest BCUT2D eigenvalue weighted by Crippen LogP contribution is -2.30. The number of carboxylic acid groups (broad SMARTS) is 1. The van der Waals surface area contributed by atoms with E-state index in [1.54, 1.807) is 38.1 Å². The van der Waals surface area contributed by atoms with Crippen molar-refractivity contribution in [2.45, 2.75) is 25.7 Å². The molecular formula is C22H17Cl2N5O5. The second-order valence-electron chi connectivity index (χ2n) is 7.91. The van der Waals surface area contributed by atoms with Crippen LogP contribution in [0.3, 0.4) is 0 Å². The Labute approximate surface area is 201 Å². The molecule has 0 spiro atoms. The first kappa shape index (κ1) is 23.4. The minimum atomic E-state index is -0.984. The van der Waals surface area contributed by atoms with Gasteiger partial charge in [-0.05, 0) is 37.6 Å². The molecule has 2 aromatic carbocycles. The van der Waals surface area contributed by atoms with E-state index in [0.717, 1.165) is 10.9 Å². The van der Waals surface area contributed by atoms with Gasteiger partial charge in [-0.15, -0.1) is 0 Å². The number of rotatable bonds is 6. The van der Waals surface area contributed by atoms with Gasteiger partial charge >= 0.3 is 11.7 Å². The van der Waals surface area contributed by atoms with Gasteiger partial charge in [0.2, 0.25) is 0 Å². The average molecular weight is 502 g/mol. The first-order valence-electron chi connectivity index (χ1n) is 9.90. The monoisotopic (exact) mass is 501 g/mol. The number of hydrogen-bond acceptors (Lipinski definition) is 7. The van der Waals surface area contributed by atoms with Gasteiger partial charge in [0.15, 0.2) is 5.82 Å². The molecule has 0 fully saturated rings. The smallest absolute Gasteiger partial charge is 0.349 e. The summed E-state index contributed by atoms with van der Waals surface area (Å²) in [6.07, 6.45) is 0.763. The van der Waals surface area contributed by atoms with E-state index in [1.165, 1.54) is 12.1 Å². The van der Waals surface area contributed by atoms with Crippen molar-refractivity contribution in [3.8, 4) is 17.1 Å². The Morgan fingerprint density at radius 2 is 1.85 bits per heavy atom. The summed E-state index contributed by atoms with van der Waals surface area (Å²) in [6, 6.07) is 9.83. The normalized spacial score (nSPS) is 11.5. The van der Waals surface area contributed by atoms with Crippen LogP contribution in [0.2, 0.25) is 10.0 Å². The zero-order chi connectivity index (χ0) is 24.6. The molecule has 2 aromatic heterocycles. The van der Waals surface area contributed by atoms with E-state index < -0.39 is 22.6 Å². The first-order valence-corrected chi connectivity index (χ1v) is 10.7. The highest BCUT2D eigenvalue weighted by Crippen LogP contribution is 2.41. The van der Waals surface area contributed by atoms with Crippen molar-refractivity contribution in [3.63, 3.8) is 0 Å². The van der Waals surface area contributed by atoms with Crippen molar-refractivity contribution in [3.05, 3.63) is 90.4 Å². The lowest BCUT2D eigenvalue weighted by molar-refractivity contribution is -0.136. The number of hydrogen-bond donors (Lipinski definition) is 2. The number of nitrogens with zero attached hydrogens (tertiary/aromatic N) is 4. The molecule has 0 saturated carbocycles. The zero-order valence-electron chi connectivity index (χ0n) is 17.9. The standard InChI is InChI=1S/C22H17Cl2N5O5/c1-22(2,20-27-19(34-28-20)13-6-4-3-5-11(13)7-17(31)32)18-14(23)8-12(9-15(18)24)29-21(33)26-16(30)10-25-29/h3-6,8-10H,7H2,1-2H3,(H,31,32)(H,26,30,33). The summed E-state index contributed by atoms with van der Waals surface area (Å²) in [7, 11) is 0. The molecule has 0 aliphatic carbocycles. The number of carboxylic acids is 1. The molecule has 0 aliphatic rings. The Kier molecular flexibility index (Phi) is 6.11. The summed E-state index contributed by atoms with van der Waals surface area (Å²) in [5.74, 6) is -0.557. The van der Waals surface area contributed by atoms with Crippen LogP contribution in [0.4, 0.5) is 0 Å². The average Bonchev–Trinajstić information content (AvgIpc) is 3.24. The summed E-state index contributed by atoms with van der Waals surface area (Å²) in [5, 5.41) is 17.5. The summed E-state index contributed by atoms with van der Waals surface area (Å²) in [4.78, 5) is 41.2. The molecule has 4 rings (SSSR count). The number of aromatic amines is 1. The van der Waals surface area contributed by atoms with Gasteiger partial charge in [-0.25, -0.2) is 4.79 Å². The van der Waals surface area contributed by atoms with E-state index in [4.69, 9.17) is 27.7 Å². The molecule has 12 heteroatoms. The molecule has 4 aromatic rings. The molecule has 2 heterocycles. The lowest BCUT2D eigenvalue weighted by atomic mass is 9.83. The van der Waals surface area contributed by atoms with E-state index in [-0.39, 0.29) is 33.9 Å². The molecule has 10 nitrogen and oxygen atoms in total. The quantitative estimate of drug-likeness (QED) is 0.409. The summed E-state index contributed by atoms with van der Waals surface area (Å²) in [5.41, 5.74) is -0.531. The molecule has 0 radical (unpaired) electrons. The third-order valence-electron chi connectivity index (χ3n) is 5.18. The van der Waals surface area contributed by atoms with Gasteiger partial charge in [0, 0.05) is 21.2 Å². The summed E-state index contributed by atoms with van der Waals surface area (Å²) in [6.45, 7) is 3.59. The topological polar surface area (TPSA) is 144 Å². The van der Waals surface area contributed by atoms with Gasteiger partial charge in [-0.3, -0.25) is 14.6 Å². The van der Waals surface area contributed by atoms with Crippen LogP contribution in [0.1, 0.15) is 30.8 Å². The number of aromatic nitrogens is 5. The Morgan fingerprint density at radius 3 is 2.50 bits per heavy atom. The molecule has 174 valence electrons. The van der Waals surface area contributed by atoms with Gasteiger partial charge in [0.25, 0.3) is 11.4 Å². The van der Waals surface area contributed by atoms with Crippen molar-refractivity contribution in [1.29, 1.82) is 0 Å². The van der Waals surface area contributed by atoms with Crippen LogP contribution in [0, 0.1) is 0 Å². The largest absolute Gasteiger partial charge is 0.481 e. The second-order valence-corrected chi connectivity index (χ2v) is 8.73. The molecule has 0 aliphatic heterocycles. The highest BCUT2D eigenvalue weighted by Gasteiger charge is 2.34. The van der Waals surface area contributed by atoms with Crippen LogP contribution < -0.4 is 11.2 Å². The van der Waals surface area contributed by atoms with Crippen LogP contribution in [0.15, 0.2) is 56.7 Å². The lowest BCUT2D eigenvalue weighted by Gasteiger charge is -2.24. The summed E-state index contributed by atoms with van der Waals surface area (Å²) < 4.78 is 6.41. The van der Waals surface area contributed by atoms with Crippen LogP contribution >= 0.6 is 23.2 Å². The predicted octanol–water partition coefficient (Wildman–Crippen LogP) is 3.23. The third kappa shape index (κ3) is 4.37. The van der Waals surface area contributed by atoms with Crippen molar-refractivity contribution in [1.82, 2.24) is 24.9 Å². The number of halogens is 2. The fourth-order valence-electron chi connectivity index (χ4n) is 3.56. The van der Waals surface area contributed by atoms with Crippen molar-refractivity contribution >= 4 is 29.2 Å². The zero-order valence-corrected chi connectivity index (χ0v) is 19.4. The number of nitrogens with one attached hydrogen (secondary N) is 1.